The van der Waals surface area contributed by atoms with Crippen molar-refractivity contribution in [1.82, 2.24) is 0 Å². The lowest BCUT2D eigenvalue weighted by atomic mass is 10.0. The number of carboxylic acids is 1. The Labute approximate surface area is 159 Å². The van der Waals surface area contributed by atoms with Crippen LogP contribution in [0.1, 0.15) is 40.7 Å². The number of carboxylic acid groups (broad SMARTS) is 1. The first-order valence-electron chi connectivity index (χ1n) is 9.01. The first-order chi connectivity index (χ1) is 13.1. The predicted molar refractivity (Wildman–Crippen MR) is 106 cm³/mol. The Balaban J connectivity index is 1.91. The standard InChI is InChI=1S/C22H22N2O3/c1-27-21-14-20(24-11-3-2-4-12-24)10-9-18(21)13-19(15-23)16-5-7-17(8-6-16)22(25)26/h5-10,13-14H,2-4,11-12H2,1H3,(H,25,26). The lowest BCUT2D eigenvalue weighted by Crippen LogP contribution is -2.29. The van der Waals surface area contributed by atoms with Gasteiger partial charge in [0.05, 0.1) is 24.3 Å². The molecule has 2 aromatic rings. The molecule has 0 atom stereocenters. The summed E-state index contributed by atoms with van der Waals surface area (Å²) in [5, 5.41) is 18.6. The van der Waals surface area contributed by atoms with Gasteiger partial charge in [0.15, 0.2) is 0 Å². The normalized spacial score (nSPS) is 14.5. The van der Waals surface area contributed by atoms with E-state index in [9.17, 15) is 10.1 Å². The maximum absolute atomic E-state index is 11.0. The van der Waals surface area contributed by atoms with Gasteiger partial charge in [0, 0.05) is 30.4 Å². The smallest absolute Gasteiger partial charge is 0.335 e. The van der Waals surface area contributed by atoms with Crippen molar-refractivity contribution in [2.45, 2.75) is 19.3 Å². The molecule has 5 nitrogen and oxygen atoms in total. The Kier molecular flexibility index (Phi) is 5.77. The molecule has 0 saturated carbocycles. The number of allylic oxidation sites excluding steroid dienone is 1. The third-order valence-electron chi connectivity index (χ3n) is 4.80. The van der Waals surface area contributed by atoms with Crippen molar-refractivity contribution in [3.05, 3.63) is 59.2 Å². The zero-order chi connectivity index (χ0) is 19.2. The van der Waals surface area contributed by atoms with Crippen LogP contribution in [0, 0.1) is 11.3 Å². The SMILES string of the molecule is COc1cc(N2CCCCC2)ccc1C=C(C#N)c1ccc(C(=O)O)cc1. The number of rotatable bonds is 5. The van der Waals surface area contributed by atoms with E-state index in [1.54, 1.807) is 25.3 Å². The molecular weight excluding hydrogens is 340 g/mol. The number of ether oxygens (including phenoxy) is 1. The van der Waals surface area contributed by atoms with E-state index in [-0.39, 0.29) is 5.56 Å². The Hall–Kier alpha value is -3.26. The monoisotopic (exact) mass is 362 g/mol. The summed E-state index contributed by atoms with van der Waals surface area (Å²) < 4.78 is 5.55. The summed E-state index contributed by atoms with van der Waals surface area (Å²) in [6, 6.07) is 14.5. The van der Waals surface area contributed by atoms with E-state index in [0.29, 0.717) is 16.9 Å². The van der Waals surface area contributed by atoms with Crippen molar-refractivity contribution in [3.63, 3.8) is 0 Å². The van der Waals surface area contributed by atoms with Crippen molar-refractivity contribution < 1.29 is 14.6 Å². The molecule has 1 saturated heterocycles. The van der Waals surface area contributed by atoms with Crippen LogP contribution in [-0.2, 0) is 0 Å². The summed E-state index contributed by atoms with van der Waals surface area (Å²) in [5.41, 5.74) is 3.27. The van der Waals surface area contributed by atoms with Crippen LogP contribution in [0.3, 0.4) is 0 Å². The molecule has 3 rings (SSSR count). The van der Waals surface area contributed by atoms with Gasteiger partial charge in [-0.15, -0.1) is 0 Å². The summed E-state index contributed by atoms with van der Waals surface area (Å²) in [5.74, 6) is -0.271. The molecule has 1 N–H and O–H groups in total. The fourth-order valence-corrected chi connectivity index (χ4v) is 3.30. The molecule has 0 aromatic heterocycles. The average Bonchev–Trinajstić information content (AvgIpc) is 2.72. The summed E-state index contributed by atoms with van der Waals surface area (Å²) in [4.78, 5) is 13.3. The van der Waals surface area contributed by atoms with Crippen LogP contribution in [-0.4, -0.2) is 31.3 Å². The van der Waals surface area contributed by atoms with Crippen LogP contribution < -0.4 is 9.64 Å². The minimum atomic E-state index is -0.987. The number of hydrogen-bond acceptors (Lipinski definition) is 4. The quantitative estimate of drug-likeness (QED) is 0.628. The molecule has 1 aliphatic heterocycles. The third-order valence-corrected chi connectivity index (χ3v) is 4.80. The van der Waals surface area contributed by atoms with E-state index in [0.717, 1.165) is 24.3 Å². The minimum absolute atomic E-state index is 0.194. The molecule has 0 aliphatic carbocycles. The Morgan fingerprint density at radius 3 is 2.37 bits per heavy atom. The molecule has 1 heterocycles. The topological polar surface area (TPSA) is 73.6 Å². The second-order valence-electron chi connectivity index (χ2n) is 6.53. The van der Waals surface area contributed by atoms with Crippen molar-refractivity contribution in [1.29, 1.82) is 5.26 Å². The molecule has 0 bridgehead atoms. The van der Waals surface area contributed by atoms with E-state index in [2.05, 4.69) is 17.0 Å². The van der Waals surface area contributed by atoms with E-state index >= 15 is 0 Å². The summed E-state index contributed by atoms with van der Waals surface area (Å²) in [6.07, 6.45) is 5.46. The Morgan fingerprint density at radius 1 is 1.11 bits per heavy atom. The first kappa shape index (κ1) is 18.5. The summed E-state index contributed by atoms with van der Waals surface area (Å²) in [7, 11) is 1.63. The highest BCUT2D eigenvalue weighted by molar-refractivity contribution is 5.93. The van der Waals surface area contributed by atoms with Crippen LogP contribution in [0.4, 0.5) is 5.69 Å². The van der Waals surface area contributed by atoms with Gasteiger partial charge in [-0.1, -0.05) is 12.1 Å². The van der Waals surface area contributed by atoms with Gasteiger partial charge in [-0.25, -0.2) is 4.79 Å². The van der Waals surface area contributed by atoms with E-state index in [1.807, 2.05) is 12.1 Å². The van der Waals surface area contributed by atoms with Crippen molar-refractivity contribution in [2.24, 2.45) is 0 Å². The average molecular weight is 362 g/mol. The maximum atomic E-state index is 11.0. The maximum Gasteiger partial charge on any atom is 0.335 e. The highest BCUT2D eigenvalue weighted by Gasteiger charge is 2.13. The number of piperidine rings is 1. The number of carbonyl (C=O) groups is 1. The molecule has 0 spiro atoms. The molecule has 1 fully saturated rings. The van der Waals surface area contributed by atoms with Crippen molar-refractivity contribution >= 4 is 23.3 Å². The molecule has 1 aliphatic rings. The van der Waals surface area contributed by atoms with Gasteiger partial charge in [-0.3, -0.25) is 0 Å². The number of nitriles is 1. The van der Waals surface area contributed by atoms with Gasteiger partial charge in [-0.2, -0.15) is 5.26 Å². The van der Waals surface area contributed by atoms with Gasteiger partial charge < -0.3 is 14.7 Å². The number of anilines is 1. The zero-order valence-corrected chi connectivity index (χ0v) is 15.3. The van der Waals surface area contributed by atoms with Crippen LogP contribution in [0.5, 0.6) is 5.75 Å². The lowest BCUT2D eigenvalue weighted by Gasteiger charge is -2.29. The van der Waals surface area contributed by atoms with Gasteiger partial charge in [0.25, 0.3) is 0 Å². The van der Waals surface area contributed by atoms with Gasteiger partial charge in [0.1, 0.15) is 5.75 Å². The second kappa shape index (κ2) is 8.41. The number of benzene rings is 2. The molecule has 138 valence electrons. The number of hydrogen-bond donors (Lipinski definition) is 1. The van der Waals surface area contributed by atoms with Crippen LogP contribution in [0.25, 0.3) is 11.6 Å². The second-order valence-corrected chi connectivity index (χ2v) is 6.53. The summed E-state index contributed by atoms with van der Waals surface area (Å²) >= 11 is 0. The Morgan fingerprint density at radius 2 is 1.78 bits per heavy atom. The summed E-state index contributed by atoms with van der Waals surface area (Å²) in [6.45, 7) is 2.11. The van der Waals surface area contributed by atoms with Crippen LogP contribution >= 0.6 is 0 Å². The molecule has 0 unspecified atom stereocenters. The molecule has 0 amide bonds. The highest BCUT2D eigenvalue weighted by atomic mass is 16.5. The van der Waals surface area contributed by atoms with E-state index in [1.165, 1.54) is 31.4 Å². The zero-order valence-electron chi connectivity index (χ0n) is 15.3. The minimum Gasteiger partial charge on any atom is -0.496 e. The molecule has 2 aromatic carbocycles. The van der Waals surface area contributed by atoms with Crippen molar-refractivity contribution in [3.8, 4) is 11.8 Å². The molecule has 0 radical (unpaired) electrons. The largest absolute Gasteiger partial charge is 0.496 e. The van der Waals surface area contributed by atoms with E-state index in [4.69, 9.17) is 9.84 Å². The van der Waals surface area contributed by atoms with Crippen molar-refractivity contribution in [2.75, 3.05) is 25.1 Å². The highest BCUT2D eigenvalue weighted by Crippen LogP contribution is 2.30. The van der Waals surface area contributed by atoms with Crippen LogP contribution in [0.2, 0.25) is 0 Å². The molecular formula is C22H22N2O3. The third kappa shape index (κ3) is 4.29. The molecule has 27 heavy (non-hydrogen) atoms. The van der Waals surface area contributed by atoms with Gasteiger partial charge >= 0.3 is 5.97 Å². The fraction of sp³-hybridized carbons (Fsp3) is 0.273. The van der Waals surface area contributed by atoms with Gasteiger partial charge in [0.2, 0.25) is 0 Å². The fourth-order valence-electron chi connectivity index (χ4n) is 3.30. The van der Waals surface area contributed by atoms with Crippen LogP contribution in [0.15, 0.2) is 42.5 Å². The molecule has 5 heteroatoms. The predicted octanol–water partition coefficient (Wildman–Crippen LogP) is 4.45. The number of methoxy groups -OCH3 is 1. The number of nitrogens with zero attached hydrogens (tertiary/aromatic N) is 2. The number of aromatic carboxylic acids is 1. The first-order valence-corrected chi connectivity index (χ1v) is 9.01. The Bertz CT molecular complexity index is 889. The lowest BCUT2D eigenvalue weighted by molar-refractivity contribution is 0.0697. The van der Waals surface area contributed by atoms with Gasteiger partial charge in [-0.05, 0) is 55.2 Å². The van der Waals surface area contributed by atoms with E-state index < -0.39 is 5.97 Å².